The number of benzene rings is 1. The molecular formula is C11H16N2O5S. The summed E-state index contributed by atoms with van der Waals surface area (Å²) in [5.41, 5.74) is -0.474. The minimum Gasteiger partial charge on any atom is -0.391 e. The number of nitrogens with zero attached hydrogens (tertiary/aromatic N) is 1. The molecule has 0 bridgehead atoms. The Morgan fingerprint density at radius 1 is 1.42 bits per heavy atom. The summed E-state index contributed by atoms with van der Waals surface area (Å²) >= 11 is 0. The Hall–Kier alpha value is -1.51. The first-order valence-corrected chi connectivity index (χ1v) is 7.38. The second-order valence-electron chi connectivity index (χ2n) is 3.97. The zero-order chi connectivity index (χ0) is 14.5. The van der Waals surface area contributed by atoms with Crippen molar-refractivity contribution in [3.63, 3.8) is 0 Å². The van der Waals surface area contributed by atoms with Crippen LogP contribution < -0.4 is 5.32 Å². The fourth-order valence-electron chi connectivity index (χ4n) is 1.58. The van der Waals surface area contributed by atoms with Gasteiger partial charge in [0.1, 0.15) is 4.90 Å². The van der Waals surface area contributed by atoms with E-state index in [2.05, 4.69) is 5.32 Å². The number of aliphatic hydroxyl groups is 1. The van der Waals surface area contributed by atoms with Crippen molar-refractivity contribution in [3.05, 3.63) is 34.4 Å². The maximum absolute atomic E-state index is 12.0. The first-order valence-electron chi connectivity index (χ1n) is 5.73. The van der Waals surface area contributed by atoms with Crippen LogP contribution in [0.15, 0.2) is 29.2 Å². The molecule has 2 N–H and O–H groups in total. The van der Waals surface area contributed by atoms with Gasteiger partial charge in [-0.1, -0.05) is 19.1 Å². The van der Waals surface area contributed by atoms with Crippen molar-refractivity contribution in [1.29, 1.82) is 0 Å². The molecule has 106 valence electrons. The smallest absolute Gasteiger partial charge is 0.287 e. The summed E-state index contributed by atoms with van der Waals surface area (Å²) in [4.78, 5) is 9.68. The molecule has 19 heavy (non-hydrogen) atoms. The average molecular weight is 288 g/mol. The van der Waals surface area contributed by atoms with Crippen LogP contribution in [0.3, 0.4) is 0 Å². The van der Waals surface area contributed by atoms with Gasteiger partial charge in [0, 0.05) is 12.6 Å². The molecule has 0 spiro atoms. The number of nitrogens with one attached hydrogen (secondary N) is 1. The molecular weight excluding hydrogens is 272 g/mol. The lowest BCUT2D eigenvalue weighted by atomic mass is 10.3. The highest BCUT2D eigenvalue weighted by atomic mass is 32.2. The van der Waals surface area contributed by atoms with Crippen molar-refractivity contribution in [2.75, 3.05) is 18.8 Å². The second-order valence-corrected chi connectivity index (χ2v) is 5.97. The van der Waals surface area contributed by atoms with Gasteiger partial charge in [0.05, 0.1) is 16.8 Å². The first kappa shape index (κ1) is 15.5. The fourth-order valence-corrected chi connectivity index (χ4v) is 3.14. The number of nitro benzene ring substituents is 1. The molecule has 0 heterocycles. The van der Waals surface area contributed by atoms with E-state index >= 15 is 0 Å². The number of sulfone groups is 1. The number of rotatable bonds is 7. The lowest BCUT2D eigenvalue weighted by molar-refractivity contribution is -0.387. The summed E-state index contributed by atoms with van der Waals surface area (Å²) < 4.78 is 24.1. The number of nitro groups is 1. The average Bonchev–Trinajstić information content (AvgIpc) is 2.35. The third kappa shape index (κ3) is 4.27. The number of para-hydroxylation sites is 1. The van der Waals surface area contributed by atoms with E-state index in [0.29, 0.717) is 6.54 Å². The van der Waals surface area contributed by atoms with Crippen LogP contribution in [0.5, 0.6) is 0 Å². The van der Waals surface area contributed by atoms with Gasteiger partial charge >= 0.3 is 0 Å². The van der Waals surface area contributed by atoms with E-state index in [1.165, 1.54) is 18.2 Å². The molecule has 0 aromatic heterocycles. The van der Waals surface area contributed by atoms with Crippen LogP contribution in [-0.2, 0) is 9.84 Å². The maximum Gasteiger partial charge on any atom is 0.287 e. The van der Waals surface area contributed by atoms with Crippen molar-refractivity contribution in [2.24, 2.45) is 0 Å². The highest BCUT2D eigenvalue weighted by Crippen LogP contribution is 2.24. The topological polar surface area (TPSA) is 110 Å². The SMILES string of the molecule is CCNCC(O)CS(=O)(=O)c1ccccc1[N+](=O)[O-]. The molecule has 0 aliphatic carbocycles. The number of aliphatic hydroxyl groups excluding tert-OH is 1. The second kappa shape index (κ2) is 6.60. The van der Waals surface area contributed by atoms with Crippen molar-refractivity contribution in [2.45, 2.75) is 17.9 Å². The Bertz CT molecular complexity index is 544. The van der Waals surface area contributed by atoms with Crippen molar-refractivity contribution in [1.82, 2.24) is 5.32 Å². The third-order valence-corrected chi connectivity index (χ3v) is 4.28. The van der Waals surface area contributed by atoms with Crippen molar-refractivity contribution >= 4 is 15.5 Å². The Morgan fingerprint density at radius 3 is 2.63 bits per heavy atom. The molecule has 8 heteroatoms. The van der Waals surface area contributed by atoms with Gasteiger partial charge in [-0.05, 0) is 12.6 Å². The zero-order valence-corrected chi connectivity index (χ0v) is 11.3. The van der Waals surface area contributed by atoms with E-state index in [9.17, 15) is 23.6 Å². The Morgan fingerprint density at radius 2 is 2.05 bits per heavy atom. The number of likely N-dealkylation sites (N-methyl/N-ethyl adjacent to an activating group) is 1. The molecule has 0 amide bonds. The van der Waals surface area contributed by atoms with Crippen LogP contribution >= 0.6 is 0 Å². The summed E-state index contributed by atoms with van der Waals surface area (Å²) in [6.07, 6.45) is -1.11. The van der Waals surface area contributed by atoms with Crippen molar-refractivity contribution in [3.8, 4) is 0 Å². The van der Waals surface area contributed by atoms with Gasteiger partial charge in [-0.25, -0.2) is 8.42 Å². The van der Waals surface area contributed by atoms with Gasteiger partial charge in [0.2, 0.25) is 0 Å². The first-order chi connectivity index (χ1) is 8.88. The van der Waals surface area contributed by atoms with Gasteiger partial charge in [0.15, 0.2) is 9.84 Å². The third-order valence-electron chi connectivity index (χ3n) is 2.44. The lowest BCUT2D eigenvalue weighted by Crippen LogP contribution is -2.32. The monoisotopic (exact) mass is 288 g/mol. The normalized spacial score (nSPS) is 13.2. The van der Waals surface area contributed by atoms with Crippen molar-refractivity contribution < 1.29 is 18.4 Å². The van der Waals surface area contributed by atoms with Crippen LogP contribution in [0.4, 0.5) is 5.69 Å². The molecule has 1 unspecified atom stereocenters. The van der Waals surface area contributed by atoms with Gasteiger partial charge in [-0.15, -0.1) is 0 Å². The zero-order valence-electron chi connectivity index (χ0n) is 10.4. The van der Waals surface area contributed by atoms with Gasteiger partial charge < -0.3 is 10.4 Å². The van der Waals surface area contributed by atoms with Crippen LogP contribution in [0, 0.1) is 10.1 Å². The Kier molecular flexibility index (Phi) is 5.40. The number of hydrogen-bond donors (Lipinski definition) is 2. The van der Waals surface area contributed by atoms with Gasteiger partial charge in [-0.2, -0.15) is 0 Å². The van der Waals surface area contributed by atoms with Gasteiger partial charge in [0.25, 0.3) is 5.69 Å². The van der Waals surface area contributed by atoms with Gasteiger partial charge in [-0.3, -0.25) is 10.1 Å². The molecule has 0 saturated heterocycles. The largest absolute Gasteiger partial charge is 0.391 e. The molecule has 1 aromatic rings. The molecule has 7 nitrogen and oxygen atoms in total. The summed E-state index contributed by atoms with van der Waals surface area (Å²) in [7, 11) is -3.90. The predicted molar refractivity (Wildman–Crippen MR) is 69.7 cm³/mol. The Labute approximate surface area is 111 Å². The molecule has 0 aliphatic heterocycles. The molecule has 0 saturated carbocycles. The minimum atomic E-state index is -3.90. The lowest BCUT2D eigenvalue weighted by Gasteiger charge is -2.11. The molecule has 1 atom stereocenters. The van der Waals surface area contributed by atoms with Crippen LogP contribution in [0.1, 0.15) is 6.92 Å². The number of hydrogen-bond acceptors (Lipinski definition) is 6. The molecule has 1 rings (SSSR count). The van der Waals surface area contributed by atoms with E-state index in [1.54, 1.807) is 0 Å². The van der Waals surface area contributed by atoms with Crippen LogP contribution in [0.25, 0.3) is 0 Å². The molecule has 0 fully saturated rings. The molecule has 1 aromatic carbocycles. The van der Waals surface area contributed by atoms with E-state index in [4.69, 9.17) is 0 Å². The quantitative estimate of drug-likeness (QED) is 0.553. The summed E-state index contributed by atoms with van der Waals surface area (Å²) in [6.45, 7) is 2.54. The highest BCUT2D eigenvalue weighted by molar-refractivity contribution is 7.91. The minimum absolute atomic E-state index is 0.121. The summed E-state index contributed by atoms with van der Waals surface area (Å²) in [5, 5.41) is 23.2. The Balaban J connectivity index is 2.98. The predicted octanol–water partition coefficient (Wildman–Crippen LogP) is 0.339. The maximum atomic E-state index is 12.0. The molecule has 0 radical (unpaired) electrons. The standard InChI is InChI=1S/C11H16N2O5S/c1-2-12-7-9(14)8-19(17,18)11-6-4-3-5-10(11)13(15)16/h3-6,9,12,14H,2,7-8H2,1H3. The summed E-state index contributed by atoms with van der Waals surface area (Å²) in [5.74, 6) is -0.551. The summed E-state index contributed by atoms with van der Waals surface area (Å²) in [6, 6.07) is 5.11. The van der Waals surface area contributed by atoms with Crippen LogP contribution in [0.2, 0.25) is 0 Å². The highest BCUT2D eigenvalue weighted by Gasteiger charge is 2.27. The van der Waals surface area contributed by atoms with E-state index < -0.39 is 32.3 Å². The van der Waals surface area contributed by atoms with Crippen LogP contribution in [-0.4, -0.2) is 43.4 Å². The van der Waals surface area contributed by atoms with E-state index in [1.807, 2.05) is 6.92 Å². The van der Waals surface area contributed by atoms with E-state index in [-0.39, 0.29) is 11.4 Å². The fraction of sp³-hybridized carbons (Fsp3) is 0.455. The molecule has 0 aliphatic rings. The van der Waals surface area contributed by atoms with E-state index in [0.717, 1.165) is 6.07 Å².